The normalized spacial score (nSPS) is 12.3. The maximum absolute atomic E-state index is 7.10. The molecule has 0 spiro atoms. The number of methoxy groups -OCH3 is 2. The molecule has 5 aromatic rings. The van der Waals surface area contributed by atoms with Crippen LogP contribution in [0.15, 0.2) is 121 Å². The Morgan fingerprint density at radius 3 is 1.83 bits per heavy atom. The minimum absolute atomic E-state index is 0.0637. The summed E-state index contributed by atoms with van der Waals surface area (Å²) >= 11 is 5.67. The highest BCUT2D eigenvalue weighted by molar-refractivity contribution is 7.80. The highest BCUT2D eigenvalue weighted by Crippen LogP contribution is 2.42. The molecule has 1 unspecified atom stereocenters. The second kappa shape index (κ2) is 17.8. The van der Waals surface area contributed by atoms with Gasteiger partial charge in [0.2, 0.25) is 9.04 Å². The first kappa shape index (κ1) is 38.7. The quantitative estimate of drug-likeness (QED) is 0.0628. The summed E-state index contributed by atoms with van der Waals surface area (Å²) in [5, 5.41) is 7.25. The van der Waals surface area contributed by atoms with Crippen molar-refractivity contribution in [2.75, 3.05) is 14.2 Å². The number of rotatable bonds is 15. The van der Waals surface area contributed by atoms with Gasteiger partial charge in [0.05, 0.1) is 44.9 Å². The van der Waals surface area contributed by atoms with Crippen molar-refractivity contribution < 1.29 is 18.6 Å². The third-order valence-corrected chi connectivity index (χ3v) is 9.74. The summed E-state index contributed by atoms with van der Waals surface area (Å²) < 4.78 is 24.5. The Morgan fingerprint density at radius 1 is 0.692 bits per heavy atom. The van der Waals surface area contributed by atoms with E-state index in [2.05, 4.69) is 111 Å². The maximum atomic E-state index is 7.10. The molecule has 0 bridgehead atoms. The third kappa shape index (κ3) is 9.86. The fourth-order valence-corrected chi connectivity index (χ4v) is 7.26. The minimum atomic E-state index is -0.903. The number of hydrogen-bond donors (Lipinski definition) is 2. The minimum Gasteiger partial charge on any atom is -0.497 e. The molecule has 0 saturated carbocycles. The average Bonchev–Trinajstić information content (AvgIpc) is 3.16. The molecule has 1 heterocycles. The van der Waals surface area contributed by atoms with Crippen LogP contribution in [0.5, 0.6) is 11.5 Å². The van der Waals surface area contributed by atoms with E-state index in [0.29, 0.717) is 24.8 Å². The molecule has 9 heteroatoms. The molecule has 5 rings (SSSR count). The number of thiocarbonyl (C=S) groups is 1. The van der Waals surface area contributed by atoms with E-state index >= 15 is 0 Å². The van der Waals surface area contributed by atoms with Crippen LogP contribution in [0.2, 0.25) is 13.1 Å². The molecule has 0 amide bonds. The Bertz CT molecular complexity index is 1830. The fraction of sp³-hybridized carbons (Fsp3) is 0.302. The van der Waals surface area contributed by atoms with Crippen LogP contribution in [0.1, 0.15) is 66.1 Å². The van der Waals surface area contributed by atoms with Gasteiger partial charge in [-0.25, -0.2) is 0 Å². The molecule has 1 aromatic heterocycles. The molecule has 7 nitrogen and oxygen atoms in total. The van der Waals surface area contributed by atoms with Crippen molar-refractivity contribution >= 4 is 26.4 Å². The first-order chi connectivity index (χ1) is 25.0. The average molecular weight is 733 g/mol. The van der Waals surface area contributed by atoms with Crippen molar-refractivity contribution in [3.05, 3.63) is 161 Å². The summed E-state index contributed by atoms with van der Waals surface area (Å²) in [6.07, 6.45) is -0.0667. The lowest BCUT2D eigenvalue weighted by Gasteiger charge is -2.36. The van der Waals surface area contributed by atoms with Crippen molar-refractivity contribution in [1.29, 1.82) is 0 Å². The molecule has 2 N–H and O–H groups in total. The van der Waals surface area contributed by atoms with Crippen molar-refractivity contribution in [3.8, 4) is 11.5 Å². The summed E-state index contributed by atoms with van der Waals surface area (Å²) in [4.78, 5) is 4.93. The zero-order valence-corrected chi connectivity index (χ0v) is 33.1. The van der Waals surface area contributed by atoms with Crippen LogP contribution in [0.25, 0.3) is 0 Å². The second-order valence-electron chi connectivity index (χ2n) is 14.0. The molecule has 0 aliphatic heterocycles. The fourth-order valence-electron chi connectivity index (χ4n) is 6.17. The highest BCUT2D eigenvalue weighted by Gasteiger charge is 2.38. The molecule has 1 atom stereocenters. The highest BCUT2D eigenvalue weighted by atomic mass is 32.1. The number of ether oxygens (including phenoxy) is 3. The molecule has 0 fully saturated rings. The molecular formula is C43H50N3O4SSi. The number of nitrogens with one attached hydrogen (secondary N) is 2. The Hall–Kier alpha value is -4.54. The number of hydrogen-bond acceptors (Lipinski definition) is 6. The standard InChI is InChI=1S/C43H50N3O4SSi/c1-42(2,3)40(50-52(6)7)39-18-12-17-36(46-39)29-45-41(51)44-28-31-13-11-14-32(27-31)30-49-43(33-15-9-8-10-16-33,34-19-23-37(47-4)24-20-34)35-21-25-38(48-5)26-22-35/h8-27,40H,28-30H2,1-7H3,(H2,44,45,51). The Balaban J connectivity index is 1.30. The zero-order valence-electron chi connectivity index (χ0n) is 31.2. The van der Waals surface area contributed by atoms with Crippen LogP contribution in [-0.2, 0) is 34.5 Å². The summed E-state index contributed by atoms with van der Waals surface area (Å²) in [5.41, 5.74) is 6.02. The third-order valence-electron chi connectivity index (χ3n) is 8.74. The van der Waals surface area contributed by atoms with Gasteiger partial charge in [-0.2, -0.15) is 0 Å². The van der Waals surface area contributed by atoms with Gasteiger partial charge in [0, 0.05) is 6.54 Å². The Kier molecular flexibility index (Phi) is 13.2. The van der Waals surface area contributed by atoms with E-state index < -0.39 is 14.6 Å². The van der Waals surface area contributed by atoms with Crippen molar-refractivity contribution in [3.63, 3.8) is 0 Å². The number of benzene rings is 4. The van der Waals surface area contributed by atoms with E-state index in [0.717, 1.165) is 50.7 Å². The van der Waals surface area contributed by atoms with E-state index in [1.165, 1.54) is 0 Å². The van der Waals surface area contributed by atoms with Gasteiger partial charge in [0.15, 0.2) is 5.11 Å². The lowest BCUT2D eigenvalue weighted by molar-refractivity contribution is 0.000167. The van der Waals surface area contributed by atoms with Gasteiger partial charge in [0.1, 0.15) is 17.1 Å². The molecule has 4 aromatic carbocycles. The van der Waals surface area contributed by atoms with Crippen LogP contribution in [0, 0.1) is 5.41 Å². The van der Waals surface area contributed by atoms with E-state index in [9.17, 15) is 0 Å². The van der Waals surface area contributed by atoms with Gasteiger partial charge in [-0.3, -0.25) is 4.98 Å². The summed E-state index contributed by atoms with van der Waals surface area (Å²) in [7, 11) is 2.45. The van der Waals surface area contributed by atoms with E-state index in [1.807, 2.05) is 54.6 Å². The topological polar surface area (TPSA) is 73.9 Å². The largest absolute Gasteiger partial charge is 0.497 e. The SMILES string of the molecule is COc1ccc(C(OCc2cccc(CNC(=S)NCc3cccc(C(O[Si](C)C)C(C)(C)C)n3)c2)(c2ccccc2)c2ccc(OC)cc2)cc1. The number of aromatic nitrogens is 1. The first-order valence-electron chi connectivity index (χ1n) is 17.5. The molecule has 0 aliphatic rings. The molecule has 0 saturated heterocycles. The Morgan fingerprint density at radius 2 is 1.25 bits per heavy atom. The molecule has 0 aliphatic carbocycles. The lowest BCUT2D eigenvalue weighted by Crippen LogP contribution is -2.34. The van der Waals surface area contributed by atoms with Gasteiger partial charge < -0.3 is 29.3 Å². The molecule has 1 radical (unpaired) electrons. The van der Waals surface area contributed by atoms with Crippen LogP contribution in [0.3, 0.4) is 0 Å². The molecule has 52 heavy (non-hydrogen) atoms. The zero-order chi connectivity index (χ0) is 37.1. The lowest BCUT2D eigenvalue weighted by atomic mass is 9.80. The maximum Gasteiger partial charge on any atom is 0.205 e. The summed E-state index contributed by atoms with van der Waals surface area (Å²) in [5.74, 6) is 1.56. The van der Waals surface area contributed by atoms with Gasteiger partial charge in [-0.15, -0.1) is 0 Å². The van der Waals surface area contributed by atoms with Crippen LogP contribution < -0.4 is 20.1 Å². The molecular weight excluding hydrogens is 683 g/mol. The van der Waals surface area contributed by atoms with E-state index in [-0.39, 0.29) is 11.5 Å². The van der Waals surface area contributed by atoms with Crippen molar-refractivity contribution in [2.45, 2.75) is 65.3 Å². The summed E-state index contributed by atoms with van der Waals surface area (Å²) in [6, 6.07) is 41.0. The Labute approximate surface area is 316 Å². The van der Waals surface area contributed by atoms with Crippen molar-refractivity contribution in [2.24, 2.45) is 5.41 Å². The second-order valence-corrected chi connectivity index (χ2v) is 16.4. The monoisotopic (exact) mass is 732 g/mol. The summed E-state index contributed by atoms with van der Waals surface area (Å²) in [6.45, 7) is 12.3. The van der Waals surface area contributed by atoms with Gasteiger partial charge in [0.25, 0.3) is 0 Å². The molecule has 271 valence electrons. The predicted octanol–water partition coefficient (Wildman–Crippen LogP) is 9.13. The van der Waals surface area contributed by atoms with Crippen LogP contribution >= 0.6 is 12.2 Å². The number of pyridine rings is 1. The van der Waals surface area contributed by atoms with Crippen molar-refractivity contribution in [1.82, 2.24) is 15.6 Å². The van der Waals surface area contributed by atoms with Gasteiger partial charge in [-0.05, 0) is 94.9 Å². The van der Waals surface area contributed by atoms with E-state index in [1.54, 1.807) is 14.2 Å². The number of nitrogens with zero attached hydrogens (tertiary/aromatic N) is 1. The van der Waals surface area contributed by atoms with Gasteiger partial charge >= 0.3 is 0 Å². The smallest absolute Gasteiger partial charge is 0.205 e. The van der Waals surface area contributed by atoms with E-state index in [4.69, 9.17) is 35.8 Å². The predicted molar refractivity (Wildman–Crippen MR) is 215 cm³/mol. The van der Waals surface area contributed by atoms with Crippen LogP contribution in [-0.4, -0.2) is 33.4 Å². The van der Waals surface area contributed by atoms with Crippen LogP contribution in [0.4, 0.5) is 0 Å². The first-order valence-corrected chi connectivity index (χ1v) is 20.3. The van der Waals surface area contributed by atoms with Gasteiger partial charge in [-0.1, -0.05) is 106 Å².